The topological polar surface area (TPSA) is 33.0 Å². The lowest BCUT2D eigenvalue weighted by Crippen LogP contribution is -2.03. The quantitative estimate of drug-likeness (QED) is 0.713. The molecule has 0 N–H and O–H groups in total. The maximum Gasteiger partial charge on any atom is 0.135 e. The van der Waals surface area contributed by atoms with Crippen LogP contribution in [0.3, 0.4) is 0 Å². The van der Waals surface area contributed by atoms with Gasteiger partial charge in [0.25, 0.3) is 0 Å². The van der Waals surface area contributed by atoms with Gasteiger partial charge in [0.05, 0.1) is 18.8 Å². The molecule has 0 fully saturated rings. The summed E-state index contributed by atoms with van der Waals surface area (Å²) in [5.74, 6) is 0.780. The molecule has 0 heterocycles. The highest BCUT2D eigenvalue weighted by atomic mass is 19.1. The molecule has 0 saturated heterocycles. The summed E-state index contributed by atoms with van der Waals surface area (Å²) in [6, 6.07) is 9.18. The second-order valence-electron chi connectivity index (χ2n) is 3.49. The number of hydrogen-bond acceptors (Lipinski definition) is 2. The highest BCUT2D eigenvalue weighted by Gasteiger charge is 2.10. The molecule has 3 heteroatoms. The van der Waals surface area contributed by atoms with Gasteiger partial charge >= 0.3 is 0 Å². The largest absolute Gasteiger partial charge is 0.497 e. The summed E-state index contributed by atoms with van der Waals surface area (Å²) in [5, 5.41) is 8.46. The zero-order valence-corrected chi connectivity index (χ0v) is 9.24. The zero-order valence-electron chi connectivity index (χ0n) is 9.24. The molecule has 0 spiro atoms. The molecule has 16 heavy (non-hydrogen) atoms. The maximum atomic E-state index is 13.3. The molecular weight excluding hydrogens is 205 g/mol. The SMILES string of the molecule is C=C(C#N)[C@@H](F)CCc1ccc(OC)cc1. The van der Waals surface area contributed by atoms with Gasteiger partial charge in [0.2, 0.25) is 0 Å². The minimum Gasteiger partial charge on any atom is -0.497 e. The summed E-state index contributed by atoms with van der Waals surface area (Å²) in [5.41, 5.74) is 1.02. The number of alkyl halides is 1. The van der Waals surface area contributed by atoms with Crippen LogP contribution in [0.4, 0.5) is 4.39 Å². The third-order valence-corrected chi connectivity index (χ3v) is 2.37. The van der Waals surface area contributed by atoms with Crippen LogP contribution >= 0.6 is 0 Å². The van der Waals surface area contributed by atoms with Crippen LogP contribution in [0.2, 0.25) is 0 Å². The van der Waals surface area contributed by atoms with E-state index in [0.29, 0.717) is 12.8 Å². The van der Waals surface area contributed by atoms with Crippen molar-refractivity contribution in [3.63, 3.8) is 0 Å². The second-order valence-corrected chi connectivity index (χ2v) is 3.49. The first-order valence-electron chi connectivity index (χ1n) is 5.03. The van der Waals surface area contributed by atoms with E-state index in [9.17, 15) is 4.39 Å². The molecule has 0 aliphatic rings. The standard InChI is InChI=1S/C13H14FNO/c1-10(9-15)13(14)8-5-11-3-6-12(16-2)7-4-11/h3-4,6-7,13H,1,5,8H2,2H3/t13-/m0/s1. The minimum atomic E-state index is -1.24. The Kier molecular flexibility index (Phi) is 4.53. The number of benzene rings is 1. The summed E-state index contributed by atoms with van der Waals surface area (Å²) >= 11 is 0. The van der Waals surface area contributed by atoms with Crippen molar-refractivity contribution in [3.05, 3.63) is 42.0 Å². The second kappa shape index (κ2) is 5.92. The summed E-state index contributed by atoms with van der Waals surface area (Å²) in [6.07, 6.45) is -0.364. The van der Waals surface area contributed by atoms with Gasteiger partial charge in [0.15, 0.2) is 0 Å². The molecule has 0 aliphatic heterocycles. The molecule has 0 radical (unpaired) electrons. The minimum absolute atomic E-state index is 0.00601. The molecule has 1 rings (SSSR count). The number of halogens is 1. The predicted molar refractivity (Wildman–Crippen MR) is 61.0 cm³/mol. The molecule has 0 bridgehead atoms. The molecule has 0 saturated carbocycles. The van der Waals surface area contributed by atoms with Gasteiger partial charge < -0.3 is 4.74 Å². The van der Waals surface area contributed by atoms with E-state index in [4.69, 9.17) is 10.00 Å². The Morgan fingerprint density at radius 1 is 1.50 bits per heavy atom. The Bertz CT molecular complexity index is 391. The Morgan fingerprint density at radius 3 is 2.62 bits per heavy atom. The van der Waals surface area contributed by atoms with Gasteiger partial charge in [-0.05, 0) is 30.5 Å². The van der Waals surface area contributed by atoms with Crippen LogP contribution in [0.15, 0.2) is 36.4 Å². The van der Waals surface area contributed by atoms with Crippen LogP contribution in [0.5, 0.6) is 5.75 Å². The first-order chi connectivity index (χ1) is 7.67. The Labute approximate surface area is 95.0 Å². The Balaban J connectivity index is 2.49. The van der Waals surface area contributed by atoms with Gasteiger partial charge in [-0.3, -0.25) is 0 Å². The summed E-state index contributed by atoms with van der Waals surface area (Å²) in [4.78, 5) is 0. The van der Waals surface area contributed by atoms with E-state index in [-0.39, 0.29) is 5.57 Å². The van der Waals surface area contributed by atoms with E-state index in [1.165, 1.54) is 0 Å². The van der Waals surface area contributed by atoms with Gasteiger partial charge in [-0.2, -0.15) is 5.26 Å². The fraction of sp³-hybridized carbons (Fsp3) is 0.308. The van der Waals surface area contributed by atoms with Crippen molar-refractivity contribution in [2.75, 3.05) is 7.11 Å². The molecule has 0 unspecified atom stereocenters. The molecular formula is C13H14FNO. The average molecular weight is 219 g/mol. The summed E-state index contributed by atoms with van der Waals surface area (Å²) in [7, 11) is 1.60. The van der Waals surface area contributed by atoms with Crippen molar-refractivity contribution in [1.29, 1.82) is 5.26 Å². The highest BCUT2D eigenvalue weighted by molar-refractivity contribution is 5.28. The van der Waals surface area contributed by atoms with E-state index in [1.54, 1.807) is 13.2 Å². The number of ether oxygens (including phenoxy) is 1. The average Bonchev–Trinajstić information content (AvgIpc) is 2.35. The monoisotopic (exact) mass is 219 g/mol. The van der Waals surface area contributed by atoms with E-state index >= 15 is 0 Å². The van der Waals surface area contributed by atoms with Gasteiger partial charge in [0, 0.05) is 0 Å². The summed E-state index contributed by atoms with van der Waals surface area (Å²) in [6.45, 7) is 3.36. The first-order valence-corrected chi connectivity index (χ1v) is 5.03. The Morgan fingerprint density at radius 2 is 2.12 bits per heavy atom. The number of hydrogen-bond donors (Lipinski definition) is 0. The van der Waals surface area contributed by atoms with Crippen molar-refractivity contribution in [3.8, 4) is 11.8 Å². The number of allylic oxidation sites excluding steroid dienone is 1. The molecule has 0 aromatic heterocycles. The number of rotatable bonds is 5. The maximum absolute atomic E-state index is 13.3. The van der Waals surface area contributed by atoms with E-state index in [1.807, 2.05) is 24.3 Å². The number of nitriles is 1. The van der Waals surface area contributed by atoms with Crippen molar-refractivity contribution in [2.24, 2.45) is 0 Å². The van der Waals surface area contributed by atoms with Crippen LogP contribution in [-0.4, -0.2) is 13.3 Å². The predicted octanol–water partition coefficient (Wildman–Crippen LogP) is 3.05. The smallest absolute Gasteiger partial charge is 0.135 e. The van der Waals surface area contributed by atoms with Crippen LogP contribution in [0.25, 0.3) is 0 Å². The summed E-state index contributed by atoms with van der Waals surface area (Å²) < 4.78 is 18.3. The number of nitrogens with zero attached hydrogens (tertiary/aromatic N) is 1. The van der Waals surface area contributed by atoms with Crippen LogP contribution in [0.1, 0.15) is 12.0 Å². The van der Waals surface area contributed by atoms with Crippen LogP contribution in [0, 0.1) is 11.3 Å². The molecule has 0 aliphatic carbocycles. The molecule has 2 nitrogen and oxygen atoms in total. The van der Waals surface area contributed by atoms with Crippen molar-refractivity contribution in [2.45, 2.75) is 19.0 Å². The van der Waals surface area contributed by atoms with E-state index < -0.39 is 6.17 Å². The lowest BCUT2D eigenvalue weighted by atomic mass is 10.0. The molecule has 1 aromatic rings. The lowest BCUT2D eigenvalue weighted by molar-refractivity contribution is 0.368. The van der Waals surface area contributed by atoms with Gasteiger partial charge in [-0.1, -0.05) is 18.7 Å². The van der Waals surface area contributed by atoms with Crippen molar-refractivity contribution < 1.29 is 9.13 Å². The van der Waals surface area contributed by atoms with E-state index in [2.05, 4.69) is 6.58 Å². The Hall–Kier alpha value is -1.82. The normalized spacial score (nSPS) is 11.6. The van der Waals surface area contributed by atoms with Crippen molar-refractivity contribution >= 4 is 0 Å². The molecule has 84 valence electrons. The van der Waals surface area contributed by atoms with Crippen molar-refractivity contribution in [1.82, 2.24) is 0 Å². The molecule has 0 amide bonds. The third kappa shape index (κ3) is 3.39. The molecule has 1 atom stereocenters. The first kappa shape index (κ1) is 12.3. The van der Waals surface area contributed by atoms with Gasteiger partial charge in [0.1, 0.15) is 11.9 Å². The number of methoxy groups -OCH3 is 1. The van der Waals surface area contributed by atoms with Crippen LogP contribution < -0.4 is 4.74 Å². The van der Waals surface area contributed by atoms with Crippen LogP contribution in [-0.2, 0) is 6.42 Å². The third-order valence-electron chi connectivity index (χ3n) is 2.37. The lowest BCUT2D eigenvalue weighted by Gasteiger charge is -2.06. The fourth-order valence-electron chi connectivity index (χ4n) is 1.33. The zero-order chi connectivity index (χ0) is 12.0. The fourth-order valence-corrected chi connectivity index (χ4v) is 1.33. The number of aryl methyl sites for hydroxylation is 1. The molecule has 1 aromatic carbocycles. The van der Waals surface area contributed by atoms with Gasteiger partial charge in [-0.25, -0.2) is 4.39 Å². The highest BCUT2D eigenvalue weighted by Crippen LogP contribution is 2.16. The van der Waals surface area contributed by atoms with E-state index in [0.717, 1.165) is 11.3 Å². The van der Waals surface area contributed by atoms with Gasteiger partial charge in [-0.15, -0.1) is 0 Å².